The second-order valence-electron chi connectivity index (χ2n) is 5.06. The van der Waals surface area contributed by atoms with E-state index in [0.29, 0.717) is 13.0 Å². The van der Waals surface area contributed by atoms with E-state index < -0.39 is 5.82 Å². The average Bonchev–Trinajstić information content (AvgIpc) is 2.87. The van der Waals surface area contributed by atoms with Crippen LogP contribution >= 0.6 is 11.6 Å². The summed E-state index contributed by atoms with van der Waals surface area (Å²) in [6.45, 7) is 0.605. The van der Waals surface area contributed by atoms with Crippen LogP contribution in [0.2, 0.25) is 5.02 Å². The van der Waals surface area contributed by atoms with Crippen molar-refractivity contribution in [2.24, 2.45) is 5.73 Å². The number of aromatic nitrogens is 2. The highest BCUT2D eigenvalue weighted by molar-refractivity contribution is 6.31. The van der Waals surface area contributed by atoms with Gasteiger partial charge in [0, 0.05) is 12.6 Å². The summed E-state index contributed by atoms with van der Waals surface area (Å²) < 4.78 is 15.4. The molecule has 2 N–H and O–H groups in total. The van der Waals surface area contributed by atoms with Crippen molar-refractivity contribution in [3.63, 3.8) is 0 Å². The minimum Gasteiger partial charge on any atom is -0.329 e. The molecule has 0 bridgehead atoms. The Morgan fingerprint density at radius 2 is 2.00 bits per heavy atom. The van der Waals surface area contributed by atoms with E-state index >= 15 is 0 Å². The maximum absolute atomic E-state index is 13.4. The molecular formula is C16H15ClFN3. The van der Waals surface area contributed by atoms with Crippen molar-refractivity contribution >= 4 is 22.6 Å². The largest absolute Gasteiger partial charge is 0.329 e. The standard InChI is InChI=1S/C16H15ClFN3/c17-16-11(4-3-5-13(16)18)8-12(19)9-21-10-20-14-6-1-2-7-15(14)21/h1-7,10,12H,8-9,19H2. The number of benzene rings is 2. The van der Waals surface area contributed by atoms with Gasteiger partial charge in [-0.2, -0.15) is 0 Å². The molecule has 1 unspecified atom stereocenters. The smallest absolute Gasteiger partial charge is 0.142 e. The molecule has 3 aromatic rings. The third-order valence-electron chi connectivity index (χ3n) is 3.47. The number of fused-ring (bicyclic) bond motifs is 1. The maximum Gasteiger partial charge on any atom is 0.142 e. The molecule has 0 spiro atoms. The van der Waals surface area contributed by atoms with E-state index in [-0.39, 0.29) is 11.1 Å². The molecule has 0 saturated heterocycles. The van der Waals surface area contributed by atoms with E-state index in [1.165, 1.54) is 6.07 Å². The van der Waals surface area contributed by atoms with Crippen LogP contribution < -0.4 is 5.73 Å². The molecule has 108 valence electrons. The molecule has 3 rings (SSSR count). The Morgan fingerprint density at radius 3 is 2.86 bits per heavy atom. The zero-order chi connectivity index (χ0) is 14.8. The topological polar surface area (TPSA) is 43.8 Å². The third-order valence-corrected chi connectivity index (χ3v) is 3.90. The van der Waals surface area contributed by atoms with Crippen molar-refractivity contribution in [1.29, 1.82) is 0 Å². The molecule has 0 aliphatic rings. The fraction of sp³-hybridized carbons (Fsp3) is 0.188. The van der Waals surface area contributed by atoms with E-state index in [1.54, 1.807) is 18.5 Å². The Kier molecular flexibility index (Phi) is 3.90. The molecule has 21 heavy (non-hydrogen) atoms. The highest BCUT2D eigenvalue weighted by atomic mass is 35.5. The predicted molar refractivity (Wildman–Crippen MR) is 82.8 cm³/mol. The number of imidazole rings is 1. The Bertz CT molecular complexity index is 769. The Balaban J connectivity index is 1.77. The van der Waals surface area contributed by atoms with Crippen molar-refractivity contribution < 1.29 is 4.39 Å². The predicted octanol–water partition coefficient (Wildman–Crippen LogP) is 3.40. The monoisotopic (exact) mass is 303 g/mol. The first-order chi connectivity index (χ1) is 10.1. The number of para-hydroxylation sites is 2. The zero-order valence-electron chi connectivity index (χ0n) is 11.3. The number of hydrogen-bond acceptors (Lipinski definition) is 2. The highest BCUT2D eigenvalue weighted by Gasteiger charge is 2.12. The van der Waals surface area contributed by atoms with Gasteiger partial charge in [-0.05, 0) is 30.2 Å². The third kappa shape index (κ3) is 2.91. The molecule has 0 aliphatic heterocycles. The van der Waals surface area contributed by atoms with Gasteiger partial charge in [0.1, 0.15) is 5.82 Å². The number of halogens is 2. The van der Waals surface area contributed by atoms with Gasteiger partial charge in [0.2, 0.25) is 0 Å². The SMILES string of the molecule is NC(Cc1cccc(F)c1Cl)Cn1cnc2ccccc21. The number of hydrogen-bond donors (Lipinski definition) is 1. The molecule has 1 heterocycles. The van der Waals surface area contributed by atoms with Crippen LogP contribution in [0.1, 0.15) is 5.56 Å². The lowest BCUT2D eigenvalue weighted by Gasteiger charge is -2.14. The second-order valence-corrected chi connectivity index (χ2v) is 5.44. The molecule has 3 nitrogen and oxygen atoms in total. The molecule has 1 atom stereocenters. The normalized spacial score (nSPS) is 12.7. The van der Waals surface area contributed by atoms with Crippen LogP contribution in [0.3, 0.4) is 0 Å². The summed E-state index contributed by atoms with van der Waals surface area (Å²) >= 11 is 5.96. The summed E-state index contributed by atoms with van der Waals surface area (Å²) in [7, 11) is 0. The van der Waals surface area contributed by atoms with E-state index in [0.717, 1.165) is 16.6 Å². The van der Waals surface area contributed by atoms with Gasteiger partial charge in [0.15, 0.2) is 0 Å². The summed E-state index contributed by atoms with van der Waals surface area (Å²) in [5, 5.41) is 0.156. The van der Waals surface area contributed by atoms with Crippen molar-refractivity contribution in [2.75, 3.05) is 0 Å². The molecule has 0 amide bonds. The van der Waals surface area contributed by atoms with Crippen molar-refractivity contribution in [3.8, 4) is 0 Å². The van der Waals surface area contributed by atoms with Gasteiger partial charge in [0.05, 0.1) is 22.4 Å². The fourth-order valence-electron chi connectivity index (χ4n) is 2.46. The molecule has 0 aliphatic carbocycles. The zero-order valence-corrected chi connectivity index (χ0v) is 12.1. The van der Waals surface area contributed by atoms with Gasteiger partial charge < -0.3 is 10.3 Å². The van der Waals surface area contributed by atoms with Crippen LogP contribution in [0.15, 0.2) is 48.8 Å². The van der Waals surface area contributed by atoms with Gasteiger partial charge in [0.25, 0.3) is 0 Å². The van der Waals surface area contributed by atoms with Gasteiger partial charge in [-0.1, -0.05) is 35.9 Å². The molecule has 0 radical (unpaired) electrons. The maximum atomic E-state index is 13.4. The number of nitrogens with two attached hydrogens (primary N) is 1. The average molecular weight is 304 g/mol. The van der Waals surface area contributed by atoms with Crippen LogP contribution in [0, 0.1) is 5.82 Å². The molecule has 5 heteroatoms. The molecule has 0 saturated carbocycles. The van der Waals surface area contributed by atoms with Gasteiger partial charge in [-0.3, -0.25) is 0 Å². The quantitative estimate of drug-likeness (QED) is 0.803. The fourth-order valence-corrected chi connectivity index (χ4v) is 2.66. The number of nitrogens with zero attached hydrogens (tertiary/aromatic N) is 2. The first-order valence-electron chi connectivity index (χ1n) is 6.73. The lowest BCUT2D eigenvalue weighted by molar-refractivity contribution is 0.556. The summed E-state index contributed by atoms with van der Waals surface area (Å²) in [4.78, 5) is 4.33. The Morgan fingerprint density at radius 1 is 1.19 bits per heavy atom. The first kappa shape index (κ1) is 14.0. The van der Waals surface area contributed by atoms with Crippen LogP contribution in [0.25, 0.3) is 11.0 Å². The van der Waals surface area contributed by atoms with Crippen LogP contribution in [-0.4, -0.2) is 15.6 Å². The van der Waals surface area contributed by atoms with Crippen LogP contribution in [-0.2, 0) is 13.0 Å². The lowest BCUT2D eigenvalue weighted by Crippen LogP contribution is -2.28. The summed E-state index contributed by atoms with van der Waals surface area (Å²) in [5.41, 5.74) is 8.89. The van der Waals surface area contributed by atoms with Gasteiger partial charge >= 0.3 is 0 Å². The van der Waals surface area contributed by atoms with Crippen molar-refractivity contribution in [3.05, 3.63) is 65.2 Å². The van der Waals surface area contributed by atoms with E-state index in [9.17, 15) is 4.39 Å². The van der Waals surface area contributed by atoms with Crippen molar-refractivity contribution in [2.45, 2.75) is 19.0 Å². The second kappa shape index (κ2) is 5.84. The number of rotatable bonds is 4. The summed E-state index contributed by atoms with van der Waals surface area (Å²) in [5.74, 6) is -0.408. The van der Waals surface area contributed by atoms with E-state index in [4.69, 9.17) is 17.3 Å². The lowest BCUT2D eigenvalue weighted by atomic mass is 10.1. The van der Waals surface area contributed by atoms with Gasteiger partial charge in [-0.15, -0.1) is 0 Å². The molecule has 2 aromatic carbocycles. The van der Waals surface area contributed by atoms with E-state index in [2.05, 4.69) is 4.98 Å². The first-order valence-corrected chi connectivity index (χ1v) is 7.11. The molecular weight excluding hydrogens is 289 g/mol. The van der Waals surface area contributed by atoms with E-state index in [1.807, 2.05) is 28.8 Å². The summed E-state index contributed by atoms with van der Waals surface area (Å²) in [6, 6.07) is 12.5. The minimum absolute atomic E-state index is 0.156. The molecule has 0 fully saturated rings. The summed E-state index contributed by atoms with van der Waals surface area (Å²) in [6.07, 6.45) is 2.29. The van der Waals surface area contributed by atoms with Crippen LogP contribution in [0.4, 0.5) is 4.39 Å². The van der Waals surface area contributed by atoms with Crippen LogP contribution in [0.5, 0.6) is 0 Å². The molecule has 1 aromatic heterocycles. The van der Waals surface area contributed by atoms with Gasteiger partial charge in [-0.25, -0.2) is 9.37 Å². The Hall–Kier alpha value is -1.91. The highest BCUT2D eigenvalue weighted by Crippen LogP contribution is 2.21. The Labute approximate surface area is 127 Å². The minimum atomic E-state index is -0.408. The van der Waals surface area contributed by atoms with Crippen molar-refractivity contribution in [1.82, 2.24) is 9.55 Å².